The van der Waals surface area contributed by atoms with Gasteiger partial charge in [-0.2, -0.15) is 13.2 Å². The van der Waals surface area contributed by atoms with Gasteiger partial charge in [0.15, 0.2) is 0 Å². The maximum absolute atomic E-state index is 12.8. The van der Waals surface area contributed by atoms with Crippen LogP contribution >= 0.6 is 0 Å². The van der Waals surface area contributed by atoms with E-state index in [2.05, 4.69) is 19.1 Å². The Kier molecular flexibility index (Phi) is 4.13. The van der Waals surface area contributed by atoms with Crippen LogP contribution in [-0.2, 0) is 0 Å². The molecule has 3 heteroatoms. The van der Waals surface area contributed by atoms with Gasteiger partial charge in [-0.25, -0.2) is 0 Å². The van der Waals surface area contributed by atoms with E-state index in [1.807, 2.05) is 6.08 Å². The molecule has 2 aliphatic rings. The Hall–Kier alpha value is -1.51. The third-order valence-corrected chi connectivity index (χ3v) is 3.29. The minimum atomic E-state index is -4.26. The zero-order chi connectivity index (χ0) is 13.9. The fraction of sp³-hybridized carbons (Fsp3) is 0.375. The lowest BCUT2D eigenvalue weighted by Gasteiger charge is -2.16. The molecule has 0 nitrogen and oxygen atoms in total. The van der Waals surface area contributed by atoms with Crippen molar-refractivity contribution in [1.82, 2.24) is 0 Å². The van der Waals surface area contributed by atoms with Gasteiger partial charge in [-0.05, 0) is 36.3 Å². The molecule has 1 atom stereocenters. The first kappa shape index (κ1) is 13.9. The van der Waals surface area contributed by atoms with E-state index in [0.29, 0.717) is 18.8 Å². The zero-order valence-corrected chi connectivity index (χ0v) is 10.9. The number of alkyl halides is 3. The first-order valence-corrected chi connectivity index (χ1v) is 6.51. The molecule has 0 fully saturated rings. The molecule has 0 aromatic rings. The minimum absolute atomic E-state index is 0.284. The summed E-state index contributed by atoms with van der Waals surface area (Å²) in [6.45, 7) is 2.11. The van der Waals surface area contributed by atoms with E-state index in [1.54, 1.807) is 18.2 Å². The molecule has 2 rings (SSSR count). The Labute approximate surface area is 111 Å². The summed E-state index contributed by atoms with van der Waals surface area (Å²) in [7, 11) is 0. The normalized spacial score (nSPS) is 24.2. The van der Waals surface area contributed by atoms with Crippen LogP contribution in [-0.4, -0.2) is 6.18 Å². The fourth-order valence-electron chi connectivity index (χ4n) is 2.19. The molecule has 0 amide bonds. The summed E-state index contributed by atoms with van der Waals surface area (Å²) in [4.78, 5) is 0. The average Bonchev–Trinajstić information content (AvgIpc) is 2.37. The van der Waals surface area contributed by atoms with Crippen LogP contribution in [0.3, 0.4) is 0 Å². The molecule has 0 saturated carbocycles. The van der Waals surface area contributed by atoms with Gasteiger partial charge in [0.2, 0.25) is 0 Å². The maximum Gasteiger partial charge on any atom is 0.416 e. The van der Waals surface area contributed by atoms with Gasteiger partial charge in [0, 0.05) is 0 Å². The Morgan fingerprint density at radius 2 is 1.84 bits per heavy atom. The van der Waals surface area contributed by atoms with Crippen molar-refractivity contribution in [3.8, 4) is 0 Å². The molecule has 0 N–H and O–H groups in total. The third kappa shape index (κ3) is 3.72. The van der Waals surface area contributed by atoms with Gasteiger partial charge in [-0.15, -0.1) is 0 Å². The lowest BCUT2D eigenvalue weighted by atomic mass is 9.94. The highest BCUT2D eigenvalue weighted by atomic mass is 19.4. The molecule has 1 unspecified atom stereocenters. The van der Waals surface area contributed by atoms with Crippen LogP contribution in [0.1, 0.15) is 26.2 Å². The lowest BCUT2D eigenvalue weighted by molar-refractivity contribution is -0.0894. The summed E-state index contributed by atoms with van der Waals surface area (Å²) in [5.74, 6) is 0.511. The van der Waals surface area contributed by atoms with Crippen LogP contribution in [0.4, 0.5) is 13.2 Å². The number of rotatable bonds is 2. The predicted molar refractivity (Wildman–Crippen MR) is 71.6 cm³/mol. The molecule has 2 aliphatic carbocycles. The van der Waals surface area contributed by atoms with E-state index in [9.17, 15) is 13.2 Å². The van der Waals surface area contributed by atoms with Crippen LogP contribution in [0.25, 0.3) is 0 Å². The summed E-state index contributed by atoms with van der Waals surface area (Å²) in [5.41, 5.74) is 0.751. The van der Waals surface area contributed by atoms with Crippen molar-refractivity contribution in [2.45, 2.75) is 32.4 Å². The molecule has 0 spiro atoms. The van der Waals surface area contributed by atoms with Crippen molar-refractivity contribution in [2.24, 2.45) is 5.92 Å². The number of hydrogen-bond donors (Lipinski definition) is 0. The Morgan fingerprint density at radius 1 is 1.11 bits per heavy atom. The number of allylic oxidation sites excluding steroid dienone is 10. The minimum Gasteiger partial charge on any atom is -0.166 e. The molecule has 0 aliphatic heterocycles. The van der Waals surface area contributed by atoms with Crippen molar-refractivity contribution in [3.63, 3.8) is 0 Å². The largest absolute Gasteiger partial charge is 0.416 e. The molecule has 102 valence electrons. The lowest BCUT2D eigenvalue weighted by Crippen LogP contribution is -2.14. The molecule has 0 aromatic heterocycles. The third-order valence-electron chi connectivity index (χ3n) is 3.29. The van der Waals surface area contributed by atoms with E-state index in [-0.39, 0.29) is 5.57 Å². The maximum atomic E-state index is 12.8. The van der Waals surface area contributed by atoms with Gasteiger partial charge in [-0.3, -0.25) is 0 Å². The van der Waals surface area contributed by atoms with E-state index in [4.69, 9.17) is 0 Å². The standard InChI is InChI=1S/C16H17F3/c1-12-6-8-13(9-7-12)10-11-14-4-2-3-5-15(14)16(17,18)19/h4-6,8-12H,2-3,7H2,1H3/b11-10+. The van der Waals surface area contributed by atoms with E-state index >= 15 is 0 Å². The average molecular weight is 266 g/mol. The smallest absolute Gasteiger partial charge is 0.166 e. The van der Waals surface area contributed by atoms with Crippen molar-refractivity contribution in [3.05, 3.63) is 59.3 Å². The van der Waals surface area contributed by atoms with Gasteiger partial charge < -0.3 is 0 Å². The van der Waals surface area contributed by atoms with E-state index in [1.165, 1.54) is 6.08 Å². The molecular weight excluding hydrogens is 249 g/mol. The Balaban J connectivity index is 2.12. The van der Waals surface area contributed by atoms with Crippen LogP contribution in [0.2, 0.25) is 0 Å². The molecule has 19 heavy (non-hydrogen) atoms. The van der Waals surface area contributed by atoms with Gasteiger partial charge in [0.1, 0.15) is 0 Å². The first-order chi connectivity index (χ1) is 8.97. The second-order valence-electron chi connectivity index (χ2n) is 4.96. The van der Waals surface area contributed by atoms with Gasteiger partial charge >= 0.3 is 6.18 Å². The quantitative estimate of drug-likeness (QED) is 0.638. The van der Waals surface area contributed by atoms with Crippen LogP contribution in [0, 0.1) is 5.92 Å². The van der Waals surface area contributed by atoms with Crippen LogP contribution in [0.5, 0.6) is 0 Å². The van der Waals surface area contributed by atoms with Crippen LogP contribution in [0.15, 0.2) is 59.3 Å². The second-order valence-corrected chi connectivity index (χ2v) is 4.96. The SMILES string of the molecule is CC1C=CC(/C=C/C2=CCCC=C2C(F)(F)F)=CC1. The van der Waals surface area contributed by atoms with E-state index < -0.39 is 11.7 Å². The molecule has 0 aromatic carbocycles. The Morgan fingerprint density at radius 3 is 2.47 bits per heavy atom. The molecule has 0 bridgehead atoms. The topological polar surface area (TPSA) is 0 Å². The highest BCUT2D eigenvalue weighted by molar-refractivity contribution is 5.47. The summed E-state index contributed by atoms with van der Waals surface area (Å²) in [5, 5.41) is 0. The van der Waals surface area contributed by atoms with Crippen molar-refractivity contribution >= 4 is 0 Å². The molecular formula is C16H17F3. The molecule has 0 heterocycles. The zero-order valence-electron chi connectivity index (χ0n) is 10.9. The Bertz CT molecular complexity index is 485. The van der Waals surface area contributed by atoms with Crippen molar-refractivity contribution in [2.75, 3.05) is 0 Å². The van der Waals surface area contributed by atoms with Crippen molar-refractivity contribution in [1.29, 1.82) is 0 Å². The highest BCUT2D eigenvalue weighted by Gasteiger charge is 2.35. The van der Waals surface area contributed by atoms with Gasteiger partial charge in [-0.1, -0.05) is 49.5 Å². The summed E-state index contributed by atoms with van der Waals surface area (Å²) in [6.07, 6.45) is 10.2. The molecule has 0 saturated heterocycles. The van der Waals surface area contributed by atoms with Gasteiger partial charge in [0.25, 0.3) is 0 Å². The number of hydrogen-bond acceptors (Lipinski definition) is 0. The fourth-order valence-corrected chi connectivity index (χ4v) is 2.19. The highest BCUT2D eigenvalue weighted by Crippen LogP contribution is 2.35. The predicted octanol–water partition coefficient (Wildman–Crippen LogP) is 5.27. The first-order valence-electron chi connectivity index (χ1n) is 6.51. The van der Waals surface area contributed by atoms with Crippen molar-refractivity contribution < 1.29 is 13.2 Å². The van der Waals surface area contributed by atoms with E-state index in [0.717, 1.165) is 12.0 Å². The second kappa shape index (κ2) is 5.64. The monoisotopic (exact) mass is 266 g/mol. The van der Waals surface area contributed by atoms with Gasteiger partial charge in [0.05, 0.1) is 5.57 Å². The summed E-state index contributed by atoms with van der Waals surface area (Å²) >= 11 is 0. The number of halogens is 3. The van der Waals surface area contributed by atoms with Crippen LogP contribution < -0.4 is 0 Å². The molecule has 0 radical (unpaired) electrons. The summed E-state index contributed by atoms with van der Waals surface area (Å²) < 4.78 is 38.5. The summed E-state index contributed by atoms with van der Waals surface area (Å²) in [6, 6.07) is 0.